The summed E-state index contributed by atoms with van der Waals surface area (Å²) in [5, 5.41) is 2.83. The molecule has 0 bridgehead atoms. The number of carbonyl (C=O) groups excluding carboxylic acids is 1. The lowest BCUT2D eigenvalue weighted by atomic mass is 9.90. The number of carbonyl (C=O) groups is 1. The molecular weight excluding hydrogens is 345 g/mol. The average molecular weight is 363 g/mol. The van der Waals surface area contributed by atoms with E-state index in [1.165, 1.54) is 34.3 Å². The largest absolute Gasteiger partial charge is 0.329 e. The van der Waals surface area contributed by atoms with Crippen LogP contribution in [-0.4, -0.2) is 11.0 Å². The van der Waals surface area contributed by atoms with Gasteiger partial charge in [-0.3, -0.25) is 15.6 Å². The minimum atomic E-state index is -0.409. The highest BCUT2D eigenvalue weighted by molar-refractivity contribution is 7.80. The van der Waals surface area contributed by atoms with Crippen molar-refractivity contribution < 1.29 is 9.18 Å². The van der Waals surface area contributed by atoms with Crippen molar-refractivity contribution in [3.05, 3.63) is 51.5 Å². The van der Waals surface area contributed by atoms with E-state index >= 15 is 0 Å². The van der Waals surface area contributed by atoms with Gasteiger partial charge in [0.15, 0.2) is 5.11 Å². The molecule has 4 nitrogen and oxygen atoms in total. The second-order valence-corrected chi connectivity index (χ2v) is 7.47. The number of fused-ring (bicyclic) bond motifs is 1. The van der Waals surface area contributed by atoms with Gasteiger partial charge in [0.25, 0.3) is 5.91 Å². The summed E-state index contributed by atoms with van der Waals surface area (Å²) in [7, 11) is 0. The van der Waals surface area contributed by atoms with E-state index in [-0.39, 0.29) is 16.7 Å². The summed E-state index contributed by atoms with van der Waals surface area (Å²) in [4.78, 5) is 14.2. The Morgan fingerprint density at radius 1 is 1.33 bits per heavy atom. The SMILES string of the molecule is C[C@@H]1CCc2sc(C(=O)NNC(=S)Nc3ccccc3F)cc2C1. The first-order valence-corrected chi connectivity index (χ1v) is 8.99. The summed E-state index contributed by atoms with van der Waals surface area (Å²) in [6, 6.07) is 8.16. The van der Waals surface area contributed by atoms with Gasteiger partial charge in [0.1, 0.15) is 5.82 Å². The van der Waals surface area contributed by atoms with Gasteiger partial charge < -0.3 is 5.32 Å². The van der Waals surface area contributed by atoms with Crippen molar-refractivity contribution in [1.29, 1.82) is 0 Å². The van der Waals surface area contributed by atoms with Gasteiger partial charge in [-0.1, -0.05) is 19.1 Å². The number of benzene rings is 1. The monoisotopic (exact) mass is 363 g/mol. The Hall–Kier alpha value is -1.99. The number of hydrazine groups is 1. The fourth-order valence-corrected chi connectivity index (χ4v) is 3.97. The minimum absolute atomic E-state index is 0.128. The summed E-state index contributed by atoms with van der Waals surface area (Å²) in [5.74, 6) is 0.0199. The summed E-state index contributed by atoms with van der Waals surface area (Å²) >= 11 is 6.59. The average Bonchev–Trinajstić information content (AvgIpc) is 2.98. The number of thiocarbonyl (C=S) groups is 1. The van der Waals surface area contributed by atoms with Crippen LogP contribution in [-0.2, 0) is 12.8 Å². The van der Waals surface area contributed by atoms with Gasteiger partial charge in [-0.25, -0.2) is 4.39 Å². The van der Waals surface area contributed by atoms with Gasteiger partial charge >= 0.3 is 0 Å². The molecule has 1 aliphatic rings. The molecule has 0 saturated heterocycles. The molecule has 0 radical (unpaired) electrons. The van der Waals surface area contributed by atoms with Crippen LogP contribution in [0.5, 0.6) is 0 Å². The lowest BCUT2D eigenvalue weighted by Gasteiger charge is -2.16. The van der Waals surface area contributed by atoms with Gasteiger partial charge in [-0.05, 0) is 61.2 Å². The number of para-hydroxylation sites is 1. The third kappa shape index (κ3) is 3.91. The van der Waals surface area contributed by atoms with Crippen LogP contribution in [0.4, 0.5) is 10.1 Å². The molecule has 1 heterocycles. The molecule has 24 heavy (non-hydrogen) atoms. The second-order valence-electron chi connectivity index (χ2n) is 5.92. The van der Waals surface area contributed by atoms with E-state index < -0.39 is 5.82 Å². The van der Waals surface area contributed by atoms with E-state index in [4.69, 9.17) is 12.2 Å². The van der Waals surface area contributed by atoms with Crippen molar-refractivity contribution in [3.8, 4) is 0 Å². The van der Waals surface area contributed by atoms with E-state index in [0.717, 1.165) is 12.8 Å². The Labute approximate surface area is 149 Å². The van der Waals surface area contributed by atoms with E-state index in [1.54, 1.807) is 18.2 Å². The van der Waals surface area contributed by atoms with Crippen LogP contribution < -0.4 is 16.2 Å². The molecular formula is C17H18FN3OS2. The zero-order valence-electron chi connectivity index (χ0n) is 13.2. The van der Waals surface area contributed by atoms with Crippen LogP contribution >= 0.6 is 23.6 Å². The maximum atomic E-state index is 13.5. The van der Waals surface area contributed by atoms with Crippen LogP contribution in [0.1, 0.15) is 33.5 Å². The zero-order chi connectivity index (χ0) is 17.1. The third-order valence-corrected chi connectivity index (χ3v) is 5.40. The fraction of sp³-hybridized carbons (Fsp3) is 0.294. The Morgan fingerprint density at radius 3 is 2.92 bits per heavy atom. The Balaban J connectivity index is 1.56. The number of anilines is 1. The quantitative estimate of drug-likeness (QED) is 0.563. The third-order valence-electron chi connectivity index (χ3n) is 3.96. The Morgan fingerprint density at radius 2 is 2.12 bits per heavy atom. The Bertz CT molecular complexity index is 775. The molecule has 2 aromatic rings. The van der Waals surface area contributed by atoms with Crippen molar-refractivity contribution in [3.63, 3.8) is 0 Å². The number of thiophene rings is 1. The van der Waals surface area contributed by atoms with Gasteiger partial charge in [0.05, 0.1) is 10.6 Å². The first-order chi connectivity index (χ1) is 11.5. The molecule has 0 fully saturated rings. The van der Waals surface area contributed by atoms with Crippen molar-refractivity contribution in [2.45, 2.75) is 26.2 Å². The van der Waals surface area contributed by atoms with E-state index in [2.05, 4.69) is 23.1 Å². The van der Waals surface area contributed by atoms with Gasteiger partial charge in [0, 0.05) is 4.88 Å². The number of nitrogens with one attached hydrogen (secondary N) is 3. The number of aryl methyl sites for hydroxylation is 1. The first kappa shape index (κ1) is 16.9. The predicted octanol–water partition coefficient (Wildman–Crippen LogP) is 3.64. The summed E-state index contributed by atoms with van der Waals surface area (Å²) in [6.07, 6.45) is 3.23. The van der Waals surface area contributed by atoms with Crippen molar-refractivity contribution >= 4 is 40.3 Å². The van der Waals surface area contributed by atoms with Crippen LogP contribution in [0.25, 0.3) is 0 Å². The number of hydrogen-bond donors (Lipinski definition) is 3. The van der Waals surface area contributed by atoms with Crippen LogP contribution in [0.15, 0.2) is 30.3 Å². The maximum absolute atomic E-state index is 13.5. The molecule has 1 amide bonds. The Kier molecular flexibility index (Phi) is 5.11. The molecule has 3 rings (SSSR count). The summed E-state index contributed by atoms with van der Waals surface area (Å²) in [5.41, 5.74) is 6.69. The smallest absolute Gasteiger partial charge is 0.279 e. The summed E-state index contributed by atoms with van der Waals surface area (Å²) < 4.78 is 13.5. The molecule has 3 N–H and O–H groups in total. The molecule has 7 heteroatoms. The van der Waals surface area contributed by atoms with Gasteiger partial charge in [0.2, 0.25) is 0 Å². The molecule has 0 saturated carbocycles. The van der Waals surface area contributed by atoms with E-state index in [0.29, 0.717) is 10.8 Å². The molecule has 0 aliphatic heterocycles. The lowest BCUT2D eigenvalue weighted by Crippen LogP contribution is -2.43. The van der Waals surface area contributed by atoms with Crippen molar-refractivity contribution in [2.24, 2.45) is 5.92 Å². The normalized spacial score (nSPS) is 16.2. The predicted molar refractivity (Wildman–Crippen MR) is 98.7 cm³/mol. The molecule has 1 aromatic carbocycles. The van der Waals surface area contributed by atoms with E-state index in [9.17, 15) is 9.18 Å². The van der Waals surface area contributed by atoms with E-state index in [1.807, 2.05) is 6.07 Å². The van der Waals surface area contributed by atoms with Crippen molar-refractivity contribution in [2.75, 3.05) is 5.32 Å². The van der Waals surface area contributed by atoms with Crippen LogP contribution in [0.3, 0.4) is 0 Å². The number of rotatable bonds is 2. The highest BCUT2D eigenvalue weighted by atomic mass is 32.1. The van der Waals surface area contributed by atoms with Gasteiger partial charge in [-0.15, -0.1) is 11.3 Å². The standard InChI is InChI=1S/C17H18FN3OS2/c1-10-6-7-14-11(8-10)9-15(24-14)16(22)20-21-17(23)19-13-5-3-2-4-12(13)18/h2-5,9-10H,6-8H2,1H3,(H,20,22)(H2,19,21,23)/t10-/m1/s1. The second kappa shape index (κ2) is 7.27. The summed E-state index contributed by atoms with van der Waals surface area (Å²) in [6.45, 7) is 2.23. The molecule has 1 aromatic heterocycles. The minimum Gasteiger partial charge on any atom is -0.329 e. The molecule has 0 spiro atoms. The zero-order valence-corrected chi connectivity index (χ0v) is 14.8. The fourth-order valence-electron chi connectivity index (χ4n) is 2.71. The number of halogens is 1. The maximum Gasteiger partial charge on any atom is 0.279 e. The van der Waals surface area contributed by atoms with Crippen LogP contribution in [0.2, 0.25) is 0 Å². The molecule has 126 valence electrons. The van der Waals surface area contributed by atoms with Crippen molar-refractivity contribution in [1.82, 2.24) is 10.9 Å². The number of amides is 1. The highest BCUT2D eigenvalue weighted by Gasteiger charge is 2.20. The first-order valence-electron chi connectivity index (χ1n) is 7.76. The topological polar surface area (TPSA) is 53.2 Å². The molecule has 0 unspecified atom stereocenters. The highest BCUT2D eigenvalue weighted by Crippen LogP contribution is 2.32. The molecule has 1 atom stereocenters. The van der Waals surface area contributed by atoms with Gasteiger partial charge in [-0.2, -0.15) is 0 Å². The van der Waals surface area contributed by atoms with Crippen LogP contribution in [0, 0.1) is 11.7 Å². The molecule has 1 aliphatic carbocycles. The lowest BCUT2D eigenvalue weighted by molar-refractivity contribution is 0.0948. The number of hydrogen-bond acceptors (Lipinski definition) is 3.